The second kappa shape index (κ2) is 17.1. The van der Waals surface area contributed by atoms with Crippen LogP contribution in [0.4, 0.5) is 34.1 Å². The number of benzene rings is 11. The maximum atomic E-state index is 2.41. The zero-order valence-corrected chi connectivity index (χ0v) is 35.3. The molecule has 11 rings (SSSR count). The fourth-order valence-electron chi connectivity index (χ4n) is 9.12. The van der Waals surface area contributed by atoms with Gasteiger partial charge in [0.05, 0.1) is 11.4 Å². The number of para-hydroxylation sites is 3. The van der Waals surface area contributed by atoms with E-state index in [1.54, 1.807) is 0 Å². The van der Waals surface area contributed by atoms with E-state index in [1.165, 1.54) is 54.9 Å². The molecule has 0 heterocycles. The largest absolute Gasteiger partial charge is 0.311 e. The van der Waals surface area contributed by atoms with E-state index in [-0.39, 0.29) is 0 Å². The van der Waals surface area contributed by atoms with Crippen LogP contribution in [0.15, 0.2) is 267 Å². The monoisotopic (exact) mass is 816 g/mol. The topological polar surface area (TPSA) is 6.48 Å². The molecule has 0 aliphatic carbocycles. The molecule has 0 unspecified atom stereocenters. The molecule has 0 bridgehead atoms. The minimum Gasteiger partial charge on any atom is -0.311 e. The van der Waals surface area contributed by atoms with Crippen LogP contribution in [-0.2, 0) is 0 Å². The van der Waals surface area contributed by atoms with Crippen LogP contribution in [-0.4, -0.2) is 0 Å². The molecule has 0 N–H and O–H groups in total. The molecule has 302 valence electrons. The standard InChI is InChI=1S/C62H44N2/c1-4-17-47(18-5-1)59-26-12-14-29-61(59)64(62-30-15-13-27-60(62)48-19-6-2-7-20-48)56-41-39-55(40-42-56)63(53-23-8-3-9-24-53)54-37-35-45(36-38-54)49-31-32-51-44-52(34-33-50(51)43-49)58-28-16-22-46-21-10-11-25-57(46)58/h1-44H. The summed E-state index contributed by atoms with van der Waals surface area (Å²) in [7, 11) is 0. The van der Waals surface area contributed by atoms with E-state index >= 15 is 0 Å². The van der Waals surface area contributed by atoms with Crippen molar-refractivity contribution in [1.82, 2.24) is 0 Å². The van der Waals surface area contributed by atoms with Gasteiger partial charge in [0.2, 0.25) is 0 Å². The number of anilines is 6. The summed E-state index contributed by atoms with van der Waals surface area (Å²) in [5.41, 5.74) is 16.1. The maximum absolute atomic E-state index is 2.41. The molecule has 0 aromatic heterocycles. The first kappa shape index (κ1) is 38.5. The van der Waals surface area contributed by atoms with Crippen molar-refractivity contribution in [3.63, 3.8) is 0 Å². The highest BCUT2D eigenvalue weighted by Gasteiger charge is 2.21. The Labute approximate surface area is 375 Å². The van der Waals surface area contributed by atoms with E-state index in [4.69, 9.17) is 0 Å². The zero-order valence-electron chi connectivity index (χ0n) is 35.3. The quantitative estimate of drug-likeness (QED) is 0.136. The average Bonchev–Trinajstić information content (AvgIpc) is 3.38. The first-order valence-corrected chi connectivity index (χ1v) is 21.9. The van der Waals surface area contributed by atoms with Gasteiger partial charge in [0.1, 0.15) is 0 Å². The molecule has 2 heteroatoms. The number of nitrogens with zero attached hydrogens (tertiary/aromatic N) is 2. The molecule has 0 saturated heterocycles. The molecule has 11 aromatic carbocycles. The van der Waals surface area contributed by atoms with E-state index in [0.29, 0.717) is 0 Å². The van der Waals surface area contributed by atoms with Gasteiger partial charge in [-0.1, -0.05) is 194 Å². The Morgan fingerprint density at radius 3 is 1.22 bits per heavy atom. The lowest BCUT2D eigenvalue weighted by atomic mass is 9.95. The SMILES string of the molecule is c1ccc(-c2ccccc2N(c2ccc(N(c3ccccc3)c3ccc(-c4ccc5cc(-c6cccc7ccccc67)ccc5c4)cc3)cc2)c2ccccc2-c2ccccc2)cc1. The molecule has 11 aromatic rings. The van der Waals surface area contributed by atoms with Crippen molar-refractivity contribution < 1.29 is 0 Å². The van der Waals surface area contributed by atoms with Gasteiger partial charge in [-0.05, 0) is 128 Å². The highest BCUT2D eigenvalue weighted by atomic mass is 15.2. The van der Waals surface area contributed by atoms with Crippen LogP contribution in [0.3, 0.4) is 0 Å². The van der Waals surface area contributed by atoms with Crippen LogP contribution >= 0.6 is 0 Å². The highest BCUT2D eigenvalue weighted by molar-refractivity contribution is 6.00. The van der Waals surface area contributed by atoms with E-state index in [1.807, 2.05) is 0 Å². The van der Waals surface area contributed by atoms with E-state index in [2.05, 4.69) is 277 Å². The van der Waals surface area contributed by atoms with Crippen LogP contribution in [0.1, 0.15) is 0 Å². The highest BCUT2D eigenvalue weighted by Crippen LogP contribution is 2.46. The van der Waals surface area contributed by atoms with Crippen LogP contribution in [0.2, 0.25) is 0 Å². The van der Waals surface area contributed by atoms with Crippen molar-refractivity contribution in [2.45, 2.75) is 0 Å². The van der Waals surface area contributed by atoms with Crippen molar-refractivity contribution in [3.8, 4) is 44.5 Å². The fourth-order valence-corrected chi connectivity index (χ4v) is 9.12. The number of rotatable bonds is 10. The van der Waals surface area contributed by atoms with Gasteiger partial charge in [-0.15, -0.1) is 0 Å². The second-order valence-electron chi connectivity index (χ2n) is 16.1. The Kier molecular flexibility index (Phi) is 10.3. The summed E-state index contributed by atoms with van der Waals surface area (Å²) in [5, 5.41) is 4.99. The predicted octanol–water partition coefficient (Wildman–Crippen LogP) is 17.6. The van der Waals surface area contributed by atoms with Gasteiger partial charge in [-0.2, -0.15) is 0 Å². The molecule has 0 radical (unpaired) electrons. The summed E-state index contributed by atoms with van der Waals surface area (Å²) >= 11 is 0. The summed E-state index contributed by atoms with van der Waals surface area (Å²) in [5.74, 6) is 0. The van der Waals surface area contributed by atoms with Crippen LogP contribution in [0, 0.1) is 0 Å². The summed E-state index contributed by atoms with van der Waals surface area (Å²) < 4.78 is 0. The lowest BCUT2D eigenvalue weighted by Crippen LogP contribution is -2.13. The smallest absolute Gasteiger partial charge is 0.0540 e. The van der Waals surface area contributed by atoms with E-state index in [9.17, 15) is 0 Å². The molecule has 64 heavy (non-hydrogen) atoms. The van der Waals surface area contributed by atoms with Crippen molar-refractivity contribution in [1.29, 1.82) is 0 Å². The molecular formula is C62H44N2. The third-order valence-corrected chi connectivity index (χ3v) is 12.2. The Morgan fingerprint density at radius 2 is 0.609 bits per heavy atom. The normalized spacial score (nSPS) is 11.1. The second-order valence-corrected chi connectivity index (χ2v) is 16.1. The average molecular weight is 817 g/mol. The molecule has 2 nitrogen and oxygen atoms in total. The summed E-state index contributed by atoms with van der Waals surface area (Å²) in [4.78, 5) is 4.74. The molecule has 0 atom stereocenters. The summed E-state index contributed by atoms with van der Waals surface area (Å²) in [6, 6.07) is 96.2. The molecule has 0 saturated carbocycles. The molecule has 0 fully saturated rings. The van der Waals surface area contributed by atoms with E-state index < -0.39 is 0 Å². The van der Waals surface area contributed by atoms with Gasteiger partial charge in [0.25, 0.3) is 0 Å². The molecule has 0 spiro atoms. The zero-order chi connectivity index (χ0) is 42.7. The Balaban J connectivity index is 0.950. The minimum atomic E-state index is 1.07. The minimum absolute atomic E-state index is 1.07. The fraction of sp³-hybridized carbons (Fsp3) is 0. The lowest BCUT2D eigenvalue weighted by Gasteiger charge is -2.31. The van der Waals surface area contributed by atoms with Gasteiger partial charge in [0.15, 0.2) is 0 Å². The van der Waals surface area contributed by atoms with Crippen molar-refractivity contribution in [2.24, 2.45) is 0 Å². The van der Waals surface area contributed by atoms with Gasteiger partial charge >= 0.3 is 0 Å². The lowest BCUT2D eigenvalue weighted by molar-refractivity contribution is 1.26. The Hall–Kier alpha value is -8.46. The predicted molar refractivity (Wildman–Crippen MR) is 273 cm³/mol. The maximum Gasteiger partial charge on any atom is 0.0540 e. The number of hydrogen-bond donors (Lipinski definition) is 0. The van der Waals surface area contributed by atoms with Crippen LogP contribution < -0.4 is 9.80 Å². The molecule has 0 amide bonds. The third kappa shape index (κ3) is 7.48. The molecule has 0 aliphatic rings. The van der Waals surface area contributed by atoms with E-state index in [0.717, 1.165) is 45.3 Å². The first-order valence-electron chi connectivity index (χ1n) is 21.9. The van der Waals surface area contributed by atoms with Gasteiger partial charge in [-0.3, -0.25) is 0 Å². The van der Waals surface area contributed by atoms with Crippen molar-refractivity contribution in [2.75, 3.05) is 9.80 Å². The molecular weight excluding hydrogens is 773 g/mol. The van der Waals surface area contributed by atoms with Crippen molar-refractivity contribution >= 4 is 55.7 Å². The first-order chi connectivity index (χ1) is 31.7. The number of fused-ring (bicyclic) bond motifs is 2. The van der Waals surface area contributed by atoms with Gasteiger partial charge in [-0.25, -0.2) is 0 Å². The van der Waals surface area contributed by atoms with Crippen LogP contribution in [0.5, 0.6) is 0 Å². The Morgan fingerprint density at radius 1 is 0.203 bits per heavy atom. The van der Waals surface area contributed by atoms with Crippen molar-refractivity contribution in [3.05, 3.63) is 267 Å². The summed E-state index contributed by atoms with van der Waals surface area (Å²) in [6.07, 6.45) is 0. The number of hydrogen-bond acceptors (Lipinski definition) is 2. The summed E-state index contributed by atoms with van der Waals surface area (Å²) in [6.45, 7) is 0. The van der Waals surface area contributed by atoms with Crippen LogP contribution in [0.25, 0.3) is 66.1 Å². The molecule has 0 aliphatic heterocycles. The van der Waals surface area contributed by atoms with Gasteiger partial charge in [0, 0.05) is 33.9 Å². The Bertz CT molecular complexity index is 3270. The van der Waals surface area contributed by atoms with Gasteiger partial charge < -0.3 is 9.80 Å². The third-order valence-electron chi connectivity index (χ3n) is 12.2.